The van der Waals surface area contributed by atoms with Crippen LogP contribution >= 0.6 is 11.3 Å². The molecule has 9 aromatic rings. The molecular formula is C53H40N2S. The van der Waals surface area contributed by atoms with E-state index in [4.69, 9.17) is 10.7 Å². The van der Waals surface area contributed by atoms with Crippen molar-refractivity contribution in [2.24, 2.45) is 10.7 Å². The summed E-state index contributed by atoms with van der Waals surface area (Å²) in [6, 6.07) is 57.3. The molecule has 1 atom stereocenters. The lowest BCUT2D eigenvalue weighted by atomic mass is 9.88. The fourth-order valence-electron chi connectivity index (χ4n) is 8.49. The van der Waals surface area contributed by atoms with Crippen molar-refractivity contribution >= 4 is 75.2 Å². The molecule has 8 aromatic carbocycles. The molecule has 268 valence electrons. The molecule has 2 N–H and O–H groups in total. The molecule has 2 nitrogen and oxygen atoms in total. The van der Waals surface area contributed by atoms with E-state index in [-0.39, 0.29) is 6.04 Å². The maximum Gasteiger partial charge on any atom is 0.0691 e. The first-order valence-electron chi connectivity index (χ1n) is 19.4. The molecule has 0 radical (unpaired) electrons. The predicted octanol–water partition coefficient (Wildman–Crippen LogP) is 14.3. The molecule has 10 rings (SSSR count). The Morgan fingerprint density at radius 2 is 1.25 bits per heavy atom. The fourth-order valence-corrected chi connectivity index (χ4v) is 9.64. The zero-order chi connectivity index (χ0) is 37.6. The maximum absolute atomic E-state index is 7.00. The molecule has 56 heavy (non-hydrogen) atoms. The molecular weight excluding hydrogens is 697 g/mol. The van der Waals surface area contributed by atoms with E-state index in [9.17, 15) is 0 Å². The van der Waals surface area contributed by atoms with Crippen LogP contribution in [0.25, 0.3) is 80.4 Å². The summed E-state index contributed by atoms with van der Waals surface area (Å²) in [6.07, 6.45) is 10.7. The number of hydrogen-bond donors (Lipinski definition) is 1. The maximum atomic E-state index is 7.00. The monoisotopic (exact) mass is 736 g/mol. The highest BCUT2D eigenvalue weighted by molar-refractivity contribution is 7.25. The third-order valence-electron chi connectivity index (χ3n) is 11.4. The van der Waals surface area contributed by atoms with Crippen LogP contribution in [-0.4, -0.2) is 11.8 Å². The van der Waals surface area contributed by atoms with E-state index in [1.807, 2.05) is 23.5 Å². The molecule has 0 saturated heterocycles. The Morgan fingerprint density at radius 3 is 2.07 bits per heavy atom. The van der Waals surface area contributed by atoms with Crippen LogP contribution in [0.5, 0.6) is 0 Å². The van der Waals surface area contributed by atoms with Gasteiger partial charge in [0.1, 0.15) is 0 Å². The number of thiophene rings is 1. The number of fused-ring (bicyclic) bond motifs is 9. The third-order valence-corrected chi connectivity index (χ3v) is 12.5. The SMILES string of the molecule is CC(/N=C(\C=C(/N)c1cccc(-c2cccc3c4ccccc4c4cc(-c5ccc6c(c5)sc5ccccc56)ccc4c23)c1)c1ccccc1)C1=CC=CCC1. The highest BCUT2D eigenvalue weighted by Crippen LogP contribution is 2.43. The summed E-state index contributed by atoms with van der Waals surface area (Å²) >= 11 is 1.87. The van der Waals surface area contributed by atoms with Gasteiger partial charge in [0.2, 0.25) is 0 Å². The van der Waals surface area contributed by atoms with Gasteiger partial charge in [-0.25, -0.2) is 0 Å². The Bertz CT molecular complexity index is 3100. The lowest BCUT2D eigenvalue weighted by Gasteiger charge is -2.16. The summed E-state index contributed by atoms with van der Waals surface area (Å²) < 4.78 is 2.65. The van der Waals surface area contributed by atoms with Crippen molar-refractivity contribution in [3.05, 3.63) is 199 Å². The quantitative estimate of drug-likeness (QED) is 0.128. The van der Waals surface area contributed by atoms with E-state index in [2.05, 4.69) is 177 Å². The number of nitrogens with two attached hydrogens (primary N) is 1. The normalized spacial score (nSPS) is 14.3. The summed E-state index contributed by atoms with van der Waals surface area (Å²) in [5, 5.41) is 10.2. The number of aliphatic imine (C=N–C) groups is 1. The van der Waals surface area contributed by atoms with E-state index in [1.54, 1.807) is 0 Å². The van der Waals surface area contributed by atoms with Gasteiger partial charge in [-0.05, 0) is 121 Å². The summed E-state index contributed by atoms with van der Waals surface area (Å²) in [6.45, 7) is 2.18. The predicted molar refractivity (Wildman–Crippen MR) is 244 cm³/mol. The Morgan fingerprint density at radius 1 is 0.589 bits per heavy atom. The van der Waals surface area contributed by atoms with E-state index >= 15 is 0 Å². The van der Waals surface area contributed by atoms with Crippen molar-refractivity contribution in [3.63, 3.8) is 0 Å². The van der Waals surface area contributed by atoms with Crippen LogP contribution in [0.4, 0.5) is 0 Å². The van der Waals surface area contributed by atoms with Crippen molar-refractivity contribution in [1.29, 1.82) is 0 Å². The number of benzene rings is 8. The van der Waals surface area contributed by atoms with E-state index < -0.39 is 0 Å². The third kappa shape index (κ3) is 6.11. The second-order valence-corrected chi connectivity index (χ2v) is 15.9. The van der Waals surface area contributed by atoms with Crippen LogP contribution < -0.4 is 5.73 Å². The van der Waals surface area contributed by atoms with Crippen molar-refractivity contribution in [1.82, 2.24) is 0 Å². The van der Waals surface area contributed by atoms with Crippen LogP contribution in [0, 0.1) is 0 Å². The van der Waals surface area contributed by atoms with E-state index in [0.717, 1.165) is 35.2 Å². The fraction of sp³-hybridized carbons (Fsp3) is 0.0755. The number of nitrogens with zero attached hydrogens (tertiary/aromatic N) is 1. The second kappa shape index (κ2) is 14.3. The van der Waals surface area contributed by atoms with Crippen molar-refractivity contribution in [2.75, 3.05) is 0 Å². The Kier molecular flexibility index (Phi) is 8.65. The van der Waals surface area contributed by atoms with E-state index in [1.165, 1.54) is 74.8 Å². The molecule has 0 saturated carbocycles. The average Bonchev–Trinajstić information content (AvgIpc) is 3.64. The minimum absolute atomic E-state index is 0.0589. The summed E-state index contributed by atoms with van der Waals surface area (Å²) in [4.78, 5) is 5.23. The van der Waals surface area contributed by atoms with Gasteiger partial charge in [0.15, 0.2) is 0 Å². The van der Waals surface area contributed by atoms with Crippen LogP contribution in [0.2, 0.25) is 0 Å². The van der Waals surface area contributed by atoms with Gasteiger partial charge in [-0.1, -0.05) is 152 Å². The Labute approximate surface area is 331 Å². The van der Waals surface area contributed by atoms with Gasteiger partial charge < -0.3 is 5.73 Å². The molecule has 1 unspecified atom stereocenters. The molecule has 1 aliphatic carbocycles. The molecule has 0 fully saturated rings. The lowest BCUT2D eigenvalue weighted by molar-refractivity contribution is 0.784. The molecule has 0 spiro atoms. The molecule has 0 bridgehead atoms. The largest absolute Gasteiger partial charge is 0.398 e. The number of rotatable bonds is 7. The van der Waals surface area contributed by atoms with Gasteiger partial charge in [0.05, 0.1) is 11.8 Å². The molecule has 1 aromatic heterocycles. The van der Waals surface area contributed by atoms with Crippen LogP contribution in [0.15, 0.2) is 193 Å². The van der Waals surface area contributed by atoms with E-state index in [0.29, 0.717) is 5.70 Å². The van der Waals surface area contributed by atoms with Crippen LogP contribution in [0.3, 0.4) is 0 Å². The minimum Gasteiger partial charge on any atom is -0.398 e. The molecule has 0 amide bonds. The molecule has 3 heteroatoms. The van der Waals surface area contributed by atoms with Crippen molar-refractivity contribution in [2.45, 2.75) is 25.8 Å². The average molecular weight is 737 g/mol. The van der Waals surface area contributed by atoms with Crippen LogP contribution in [-0.2, 0) is 0 Å². The van der Waals surface area contributed by atoms with Crippen molar-refractivity contribution < 1.29 is 0 Å². The first-order valence-corrected chi connectivity index (χ1v) is 20.3. The summed E-state index contributed by atoms with van der Waals surface area (Å²) in [5.74, 6) is 0. The van der Waals surface area contributed by atoms with Crippen LogP contribution in [0.1, 0.15) is 30.9 Å². The summed E-state index contributed by atoms with van der Waals surface area (Å²) in [7, 11) is 0. The lowest BCUT2D eigenvalue weighted by Crippen LogP contribution is -2.11. The summed E-state index contributed by atoms with van der Waals surface area (Å²) in [5.41, 5.74) is 16.7. The number of allylic oxidation sites excluding steroid dienone is 4. The van der Waals surface area contributed by atoms with Gasteiger partial charge >= 0.3 is 0 Å². The molecule has 0 aliphatic heterocycles. The second-order valence-electron chi connectivity index (χ2n) is 14.8. The first kappa shape index (κ1) is 34.0. The highest BCUT2D eigenvalue weighted by atomic mass is 32.1. The van der Waals surface area contributed by atoms with Gasteiger partial charge in [-0.15, -0.1) is 11.3 Å². The van der Waals surface area contributed by atoms with Gasteiger partial charge in [0, 0.05) is 25.9 Å². The Hall–Kier alpha value is -6.55. The number of hydrogen-bond acceptors (Lipinski definition) is 3. The van der Waals surface area contributed by atoms with Gasteiger partial charge in [-0.3, -0.25) is 4.99 Å². The smallest absolute Gasteiger partial charge is 0.0691 e. The molecule has 1 aliphatic rings. The zero-order valence-electron chi connectivity index (χ0n) is 31.2. The van der Waals surface area contributed by atoms with Crippen molar-refractivity contribution in [3.8, 4) is 22.3 Å². The molecule has 1 heterocycles. The minimum atomic E-state index is 0.0589. The zero-order valence-corrected chi connectivity index (χ0v) is 32.1. The highest BCUT2D eigenvalue weighted by Gasteiger charge is 2.16. The topological polar surface area (TPSA) is 38.4 Å². The van der Waals surface area contributed by atoms with Gasteiger partial charge in [0.25, 0.3) is 0 Å². The first-order chi connectivity index (χ1) is 27.6. The standard InChI is InChI=1S/C53H40N2S/c1-34(35-14-4-2-5-15-35)55-50(36-16-6-3-7-17-36)33-49(54)40-19-12-18-39(30-40)41-23-13-24-46-42-20-8-9-21-43(42)48-31-37(27-29-47(48)53(41)46)38-26-28-45-44-22-10-11-25-51(44)56-52(45)32-38/h2-4,6-14,16-34H,5,15,54H2,1H3/b49-33-,55-50+. The van der Waals surface area contributed by atoms with Gasteiger partial charge in [-0.2, -0.15) is 0 Å². The Balaban J connectivity index is 1.10.